The molecular formula is C14H18ClN3O3. The lowest BCUT2D eigenvalue weighted by atomic mass is 10.1. The summed E-state index contributed by atoms with van der Waals surface area (Å²) in [6, 6.07) is 5.49. The maximum Gasteiger partial charge on any atom is 0.330 e. The minimum absolute atomic E-state index is 0.190. The molecular weight excluding hydrogens is 294 g/mol. The van der Waals surface area contributed by atoms with Crippen LogP contribution < -0.4 is 10.6 Å². The van der Waals surface area contributed by atoms with Crippen molar-refractivity contribution in [3.8, 4) is 0 Å². The number of rotatable bonds is 5. The minimum atomic E-state index is -1.13. The van der Waals surface area contributed by atoms with E-state index in [9.17, 15) is 14.7 Å². The first-order valence-electron chi connectivity index (χ1n) is 6.77. The number of aliphatic carboxylic acids is 1. The quantitative estimate of drug-likeness (QED) is 0.737. The number of nitrogens with zero attached hydrogens (tertiary/aromatic N) is 1. The summed E-state index contributed by atoms with van der Waals surface area (Å²) in [5, 5.41) is 15.4. The third kappa shape index (κ3) is 4.42. The van der Waals surface area contributed by atoms with Gasteiger partial charge in [0.15, 0.2) is 6.04 Å². The highest BCUT2D eigenvalue weighted by atomic mass is 35.5. The summed E-state index contributed by atoms with van der Waals surface area (Å²) in [4.78, 5) is 25.4. The molecule has 7 heteroatoms. The number of carboxylic acid groups (broad SMARTS) is 1. The van der Waals surface area contributed by atoms with E-state index in [0.29, 0.717) is 10.6 Å². The number of carbonyl (C=O) groups is 2. The molecule has 6 nitrogen and oxygen atoms in total. The van der Waals surface area contributed by atoms with Crippen molar-refractivity contribution in [1.29, 1.82) is 0 Å². The Labute approximate surface area is 128 Å². The Hall–Kier alpha value is -1.63. The number of carboxylic acids is 1. The first-order chi connectivity index (χ1) is 10.1. The molecule has 1 atom stereocenters. The molecule has 3 N–H and O–H groups in total. The molecule has 1 heterocycles. The monoisotopic (exact) mass is 311 g/mol. The summed E-state index contributed by atoms with van der Waals surface area (Å²) in [5.74, 6) is -1.44. The molecule has 21 heavy (non-hydrogen) atoms. The largest absolute Gasteiger partial charge is 0.479 e. The number of hydrogen-bond acceptors (Lipinski definition) is 4. The Morgan fingerprint density at radius 3 is 2.62 bits per heavy atom. The molecule has 1 saturated heterocycles. The third-order valence-corrected chi connectivity index (χ3v) is 3.69. The van der Waals surface area contributed by atoms with Crippen molar-refractivity contribution in [3.05, 3.63) is 34.9 Å². The lowest BCUT2D eigenvalue weighted by Crippen LogP contribution is -2.48. The van der Waals surface area contributed by atoms with E-state index >= 15 is 0 Å². The van der Waals surface area contributed by atoms with E-state index in [2.05, 4.69) is 10.6 Å². The first-order valence-corrected chi connectivity index (χ1v) is 7.15. The molecule has 0 spiro atoms. The molecule has 0 radical (unpaired) electrons. The average molecular weight is 312 g/mol. The van der Waals surface area contributed by atoms with Crippen molar-refractivity contribution in [3.63, 3.8) is 0 Å². The summed E-state index contributed by atoms with van der Waals surface area (Å²) in [7, 11) is 0. The van der Waals surface area contributed by atoms with E-state index in [0.717, 1.165) is 26.2 Å². The standard InChI is InChI=1S/C14H18ClN3O3/c15-11-4-2-1-3-10(11)13(14(20)21)17-12(19)9-18-7-5-16-6-8-18/h1-4,13,16H,5-9H2,(H,17,19)(H,20,21)/t13-/m1/s1. The maximum absolute atomic E-state index is 12.0. The molecule has 0 aliphatic carbocycles. The summed E-state index contributed by atoms with van der Waals surface area (Å²) in [5.41, 5.74) is 0.389. The molecule has 0 saturated carbocycles. The fraction of sp³-hybridized carbons (Fsp3) is 0.429. The average Bonchev–Trinajstić information content (AvgIpc) is 2.46. The number of piperazine rings is 1. The molecule has 114 valence electrons. The number of amides is 1. The van der Waals surface area contributed by atoms with E-state index in [1.807, 2.05) is 4.90 Å². The lowest BCUT2D eigenvalue weighted by molar-refractivity contribution is -0.142. The molecule has 0 bridgehead atoms. The number of carbonyl (C=O) groups excluding carboxylic acids is 1. The van der Waals surface area contributed by atoms with Crippen LogP contribution in [0.5, 0.6) is 0 Å². The molecule has 1 aliphatic heterocycles. The third-order valence-electron chi connectivity index (χ3n) is 3.35. The van der Waals surface area contributed by atoms with Gasteiger partial charge in [-0.1, -0.05) is 29.8 Å². The van der Waals surface area contributed by atoms with E-state index in [1.165, 1.54) is 0 Å². The summed E-state index contributed by atoms with van der Waals surface area (Å²) >= 11 is 6.01. The molecule has 0 unspecified atom stereocenters. The van der Waals surface area contributed by atoms with Gasteiger partial charge in [-0.15, -0.1) is 0 Å². The zero-order chi connectivity index (χ0) is 15.2. The number of benzene rings is 1. The van der Waals surface area contributed by atoms with Gasteiger partial charge in [0, 0.05) is 36.8 Å². The predicted molar refractivity (Wildman–Crippen MR) is 79.3 cm³/mol. The Balaban J connectivity index is 2.01. The van der Waals surface area contributed by atoms with E-state index in [1.54, 1.807) is 24.3 Å². The molecule has 1 aromatic rings. The lowest BCUT2D eigenvalue weighted by Gasteiger charge is -2.27. The van der Waals surface area contributed by atoms with Crippen molar-refractivity contribution in [2.24, 2.45) is 0 Å². The van der Waals surface area contributed by atoms with Crippen LogP contribution in [0.3, 0.4) is 0 Å². The van der Waals surface area contributed by atoms with Crippen molar-refractivity contribution in [2.45, 2.75) is 6.04 Å². The van der Waals surface area contributed by atoms with Gasteiger partial charge in [0.2, 0.25) is 5.91 Å². The molecule has 2 rings (SSSR count). The summed E-state index contributed by atoms with van der Waals surface area (Å²) in [6.45, 7) is 3.41. The van der Waals surface area contributed by atoms with Crippen LogP contribution in [0.15, 0.2) is 24.3 Å². The van der Waals surface area contributed by atoms with Gasteiger partial charge in [0.25, 0.3) is 0 Å². The second-order valence-corrected chi connectivity index (χ2v) is 5.29. The second-order valence-electron chi connectivity index (χ2n) is 4.89. The van der Waals surface area contributed by atoms with Crippen LogP contribution >= 0.6 is 11.6 Å². The highest BCUT2D eigenvalue weighted by Gasteiger charge is 2.25. The minimum Gasteiger partial charge on any atom is -0.479 e. The van der Waals surface area contributed by atoms with Crippen LogP contribution in [0, 0.1) is 0 Å². The SMILES string of the molecule is O=C(CN1CCNCC1)N[C@@H](C(=O)O)c1ccccc1Cl. The van der Waals surface area contributed by atoms with Gasteiger partial charge in [-0.2, -0.15) is 0 Å². The van der Waals surface area contributed by atoms with Gasteiger partial charge < -0.3 is 15.7 Å². The fourth-order valence-corrected chi connectivity index (χ4v) is 2.51. The zero-order valence-corrected chi connectivity index (χ0v) is 12.3. The molecule has 1 fully saturated rings. The predicted octanol–water partition coefficient (Wildman–Crippen LogP) is 0.487. The summed E-state index contributed by atoms with van der Waals surface area (Å²) < 4.78 is 0. The van der Waals surface area contributed by atoms with Gasteiger partial charge in [0.1, 0.15) is 0 Å². The Morgan fingerprint density at radius 1 is 1.33 bits per heavy atom. The Kier molecular flexibility index (Phi) is 5.55. The van der Waals surface area contributed by atoms with Crippen molar-refractivity contribution < 1.29 is 14.7 Å². The number of hydrogen-bond donors (Lipinski definition) is 3. The fourth-order valence-electron chi connectivity index (χ4n) is 2.26. The van der Waals surface area contributed by atoms with Crippen molar-refractivity contribution in [1.82, 2.24) is 15.5 Å². The number of nitrogens with one attached hydrogen (secondary N) is 2. The molecule has 1 aliphatic rings. The Morgan fingerprint density at radius 2 is 2.00 bits per heavy atom. The normalized spacial score (nSPS) is 17.2. The van der Waals surface area contributed by atoms with Crippen LogP contribution in [0.25, 0.3) is 0 Å². The highest BCUT2D eigenvalue weighted by Crippen LogP contribution is 2.22. The molecule has 0 aromatic heterocycles. The van der Waals surface area contributed by atoms with Gasteiger partial charge in [-0.05, 0) is 6.07 Å². The first kappa shape index (κ1) is 15.8. The van der Waals surface area contributed by atoms with Crippen LogP contribution in [-0.2, 0) is 9.59 Å². The molecule has 1 amide bonds. The van der Waals surface area contributed by atoms with Gasteiger partial charge in [-0.3, -0.25) is 9.69 Å². The van der Waals surface area contributed by atoms with Crippen LogP contribution in [0.4, 0.5) is 0 Å². The van der Waals surface area contributed by atoms with Gasteiger partial charge >= 0.3 is 5.97 Å². The van der Waals surface area contributed by atoms with Crippen LogP contribution in [0.1, 0.15) is 11.6 Å². The van der Waals surface area contributed by atoms with E-state index in [4.69, 9.17) is 11.6 Å². The Bertz CT molecular complexity index is 518. The van der Waals surface area contributed by atoms with Gasteiger partial charge in [0.05, 0.1) is 6.54 Å². The highest BCUT2D eigenvalue weighted by molar-refractivity contribution is 6.31. The van der Waals surface area contributed by atoms with E-state index < -0.39 is 12.0 Å². The zero-order valence-electron chi connectivity index (χ0n) is 11.5. The van der Waals surface area contributed by atoms with Crippen molar-refractivity contribution in [2.75, 3.05) is 32.7 Å². The number of halogens is 1. The summed E-state index contributed by atoms with van der Waals surface area (Å²) in [6.07, 6.45) is 0. The smallest absolute Gasteiger partial charge is 0.330 e. The van der Waals surface area contributed by atoms with Gasteiger partial charge in [-0.25, -0.2) is 4.79 Å². The second kappa shape index (κ2) is 7.40. The van der Waals surface area contributed by atoms with Crippen LogP contribution in [0.2, 0.25) is 5.02 Å². The maximum atomic E-state index is 12.0. The van der Waals surface area contributed by atoms with Crippen LogP contribution in [-0.4, -0.2) is 54.6 Å². The molecule has 1 aromatic carbocycles. The topological polar surface area (TPSA) is 81.7 Å². The van der Waals surface area contributed by atoms with E-state index in [-0.39, 0.29) is 12.5 Å². The van der Waals surface area contributed by atoms with Crippen molar-refractivity contribution >= 4 is 23.5 Å².